The van der Waals surface area contributed by atoms with E-state index < -0.39 is 5.97 Å². The van der Waals surface area contributed by atoms with Gasteiger partial charge >= 0.3 is 5.97 Å². The smallest absolute Gasteiger partial charge is 0.304 e. The van der Waals surface area contributed by atoms with Crippen LogP contribution >= 0.6 is 11.8 Å². The van der Waals surface area contributed by atoms with E-state index in [0.717, 1.165) is 23.2 Å². The molecule has 1 rings (SSSR count). The van der Waals surface area contributed by atoms with Crippen molar-refractivity contribution >= 4 is 35.2 Å². The van der Waals surface area contributed by atoms with Gasteiger partial charge in [0.15, 0.2) is 0 Å². The highest BCUT2D eigenvalue weighted by atomic mass is 32.2. The van der Waals surface area contributed by atoms with Crippen LogP contribution in [-0.4, -0.2) is 51.9 Å². The number of benzene rings is 1. The second kappa shape index (κ2) is 10.9. The Hall–Kier alpha value is -2.02. The van der Waals surface area contributed by atoms with E-state index in [4.69, 9.17) is 5.11 Å². The highest BCUT2D eigenvalue weighted by Gasteiger charge is 2.22. The number of thioether (sulfide) groups is 1. The lowest BCUT2D eigenvalue weighted by atomic mass is 10.1. The number of aryl methyl sites for hydroxylation is 1. The van der Waals surface area contributed by atoms with E-state index in [1.807, 2.05) is 45.9 Å². The van der Waals surface area contributed by atoms with Crippen LogP contribution in [0.25, 0.3) is 0 Å². The van der Waals surface area contributed by atoms with Crippen LogP contribution in [0.5, 0.6) is 0 Å². The number of amides is 2. The number of hydrogen-bond donors (Lipinski definition) is 2. The fraction of sp³-hybridized carbons (Fsp3) is 0.526. The molecule has 0 spiro atoms. The van der Waals surface area contributed by atoms with Crippen molar-refractivity contribution in [2.24, 2.45) is 0 Å². The molecular formula is C19H28N2O4S. The Labute approximate surface area is 159 Å². The van der Waals surface area contributed by atoms with Crippen LogP contribution in [0.3, 0.4) is 0 Å². The zero-order chi connectivity index (χ0) is 19.7. The van der Waals surface area contributed by atoms with Gasteiger partial charge in [-0.05, 0) is 44.4 Å². The summed E-state index contributed by atoms with van der Waals surface area (Å²) in [4.78, 5) is 37.0. The number of carbonyl (C=O) groups is 3. The molecule has 0 saturated carbocycles. The van der Waals surface area contributed by atoms with E-state index in [2.05, 4.69) is 5.32 Å². The monoisotopic (exact) mass is 380 g/mol. The molecule has 0 aromatic heterocycles. The van der Waals surface area contributed by atoms with Crippen molar-refractivity contribution in [3.8, 4) is 0 Å². The van der Waals surface area contributed by atoms with E-state index >= 15 is 0 Å². The summed E-state index contributed by atoms with van der Waals surface area (Å²) in [7, 11) is 0. The van der Waals surface area contributed by atoms with E-state index in [1.165, 1.54) is 11.8 Å². The minimum atomic E-state index is -0.878. The van der Waals surface area contributed by atoms with Crippen LogP contribution in [0.4, 0.5) is 5.69 Å². The van der Waals surface area contributed by atoms with Crippen molar-refractivity contribution in [3.63, 3.8) is 0 Å². The Bertz CT molecular complexity index is 648. The number of hydrogen-bond acceptors (Lipinski definition) is 4. The first-order valence-corrected chi connectivity index (χ1v) is 9.86. The van der Waals surface area contributed by atoms with Gasteiger partial charge in [0.25, 0.3) is 0 Å². The molecule has 144 valence electrons. The predicted octanol–water partition coefficient (Wildman–Crippen LogP) is 3.08. The van der Waals surface area contributed by atoms with E-state index in [-0.39, 0.29) is 36.6 Å². The van der Waals surface area contributed by atoms with E-state index in [9.17, 15) is 14.4 Å². The van der Waals surface area contributed by atoms with Crippen LogP contribution in [0.15, 0.2) is 18.2 Å². The van der Waals surface area contributed by atoms with Gasteiger partial charge in [0.05, 0.1) is 12.2 Å². The van der Waals surface area contributed by atoms with Gasteiger partial charge in [-0.15, -0.1) is 0 Å². The third-order valence-electron chi connectivity index (χ3n) is 4.32. The molecule has 1 aromatic rings. The Morgan fingerprint density at radius 1 is 1.27 bits per heavy atom. The van der Waals surface area contributed by atoms with Gasteiger partial charge < -0.3 is 15.3 Å². The molecule has 26 heavy (non-hydrogen) atoms. The molecule has 0 unspecified atom stereocenters. The maximum atomic E-state index is 12.5. The van der Waals surface area contributed by atoms with E-state index in [0.29, 0.717) is 5.75 Å². The van der Waals surface area contributed by atoms with Crippen LogP contribution in [0.1, 0.15) is 37.8 Å². The van der Waals surface area contributed by atoms with Gasteiger partial charge in [-0.1, -0.05) is 19.1 Å². The molecule has 0 heterocycles. The minimum absolute atomic E-state index is 0.0132. The zero-order valence-corrected chi connectivity index (χ0v) is 16.7. The lowest BCUT2D eigenvalue weighted by molar-refractivity contribution is -0.136. The molecular weight excluding hydrogens is 352 g/mol. The largest absolute Gasteiger partial charge is 0.481 e. The molecule has 0 aliphatic carbocycles. The van der Waals surface area contributed by atoms with Crippen LogP contribution in [-0.2, 0) is 14.4 Å². The molecule has 2 amide bonds. The molecule has 2 N–H and O–H groups in total. The summed E-state index contributed by atoms with van der Waals surface area (Å²) in [6.45, 7) is 7.78. The summed E-state index contributed by atoms with van der Waals surface area (Å²) >= 11 is 1.28. The third kappa shape index (κ3) is 7.07. The molecule has 0 aliphatic heterocycles. The molecule has 0 fully saturated rings. The maximum Gasteiger partial charge on any atom is 0.304 e. The van der Waals surface area contributed by atoms with Crippen molar-refractivity contribution in [1.29, 1.82) is 0 Å². The van der Waals surface area contributed by atoms with Gasteiger partial charge in [0, 0.05) is 17.5 Å². The minimum Gasteiger partial charge on any atom is -0.481 e. The average molecular weight is 381 g/mol. The molecule has 0 aliphatic rings. The standard InChI is InChI=1S/C19H28N2O4S/c1-5-14(3)21(18(23)12-26-10-9-19(24)25)11-17(22)20-16-8-6-7-13(2)15(16)4/h6-8,14H,5,9-12H2,1-4H3,(H,20,22)(H,24,25)/t14-/m0/s1. The van der Waals surface area contributed by atoms with Gasteiger partial charge in [0.1, 0.15) is 6.54 Å². The molecule has 6 nitrogen and oxygen atoms in total. The number of nitrogens with zero attached hydrogens (tertiary/aromatic N) is 1. The summed E-state index contributed by atoms with van der Waals surface area (Å²) in [6.07, 6.45) is 0.761. The number of rotatable bonds is 10. The average Bonchev–Trinajstić information content (AvgIpc) is 2.59. The van der Waals surface area contributed by atoms with Crippen molar-refractivity contribution in [2.75, 3.05) is 23.4 Å². The predicted molar refractivity (Wildman–Crippen MR) is 106 cm³/mol. The highest BCUT2D eigenvalue weighted by Crippen LogP contribution is 2.18. The molecule has 0 saturated heterocycles. The van der Waals surface area contributed by atoms with Crippen LogP contribution < -0.4 is 5.32 Å². The molecule has 1 aromatic carbocycles. The van der Waals surface area contributed by atoms with Gasteiger partial charge in [-0.25, -0.2) is 0 Å². The summed E-state index contributed by atoms with van der Waals surface area (Å²) < 4.78 is 0. The molecule has 7 heteroatoms. The number of carbonyl (C=O) groups excluding carboxylic acids is 2. The number of nitrogens with one attached hydrogen (secondary N) is 1. The first kappa shape index (κ1) is 22.0. The third-order valence-corrected chi connectivity index (χ3v) is 5.27. The first-order valence-electron chi connectivity index (χ1n) is 8.71. The normalized spacial score (nSPS) is 11.7. The van der Waals surface area contributed by atoms with Gasteiger partial charge in [0.2, 0.25) is 11.8 Å². The van der Waals surface area contributed by atoms with E-state index in [1.54, 1.807) is 4.90 Å². The first-order chi connectivity index (χ1) is 12.3. The van der Waals surface area contributed by atoms with Crippen LogP contribution in [0.2, 0.25) is 0 Å². The molecule has 0 radical (unpaired) electrons. The number of anilines is 1. The summed E-state index contributed by atoms with van der Waals surface area (Å²) in [5.74, 6) is -0.705. The van der Waals surface area contributed by atoms with Crippen molar-refractivity contribution in [1.82, 2.24) is 4.90 Å². The van der Waals surface area contributed by atoms with Gasteiger partial charge in [-0.2, -0.15) is 11.8 Å². The lowest BCUT2D eigenvalue weighted by Crippen LogP contribution is -2.44. The molecule has 0 bridgehead atoms. The van der Waals surface area contributed by atoms with Crippen molar-refractivity contribution in [2.45, 2.75) is 46.6 Å². The Morgan fingerprint density at radius 2 is 1.96 bits per heavy atom. The zero-order valence-electron chi connectivity index (χ0n) is 15.9. The topological polar surface area (TPSA) is 86.7 Å². The number of carboxylic acid groups (broad SMARTS) is 1. The van der Waals surface area contributed by atoms with Gasteiger partial charge in [-0.3, -0.25) is 14.4 Å². The van der Waals surface area contributed by atoms with Crippen LogP contribution in [0, 0.1) is 13.8 Å². The second-order valence-corrected chi connectivity index (χ2v) is 7.38. The summed E-state index contributed by atoms with van der Waals surface area (Å²) in [5, 5.41) is 11.5. The number of aliphatic carboxylic acids is 1. The Balaban J connectivity index is 2.68. The number of carboxylic acids is 1. The van der Waals surface area contributed by atoms with Crippen molar-refractivity contribution in [3.05, 3.63) is 29.3 Å². The fourth-order valence-electron chi connectivity index (χ4n) is 2.34. The SMILES string of the molecule is CC[C@H](C)N(CC(=O)Nc1cccc(C)c1C)C(=O)CSCCC(=O)O. The molecule has 1 atom stereocenters. The quantitative estimate of drug-likeness (QED) is 0.609. The fourth-order valence-corrected chi connectivity index (χ4v) is 3.15. The lowest BCUT2D eigenvalue weighted by Gasteiger charge is -2.28. The van der Waals surface area contributed by atoms with Crippen molar-refractivity contribution < 1.29 is 19.5 Å². The maximum absolute atomic E-state index is 12.5. The second-order valence-electron chi connectivity index (χ2n) is 6.27. The Kier molecular flexibility index (Phi) is 9.19. The summed E-state index contributed by atoms with van der Waals surface area (Å²) in [6, 6.07) is 5.65. The summed E-state index contributed by atoms with van der Waals surface area (Å²) in [5.41, 5.74) is 2.85. The highest BCUT2D eigenvalue weighted by molar-refractivity contribution is 7.99. The Morgan fingerprint density at radius 3 is 2.58 bits per heavy atom.